The molecule has 3 heteroatoms. The molecule has 1 heterocycles. The predicted octanol–water partition coefficient (Wildman–Crippen LogP) is 2.02. The average Bonchev–Trinajstić information content (AvgIpc) is 2.78. The Morgan fingerprint density at radius 2 is 1.94 bits per heavy atom. The Balaban J connectivity index is 1.70. The summed E-state index contributed by atoms with van der Waals surface area (Å²) in [5, 5.41) is 12.7. The second-order valence-corrected chi connectivity index (χ2v) is 5.85. The molecule has 1 saturated heterocycles. The van der Waals surface area contributed by atoms with Crippen molar-refractivity contribution >= 4 is 5.97 Å². The van der Waals surface area contributed by atoms with Gasteiger partial charge in [-0.15, -0.1) is 0 Å². The van der Waals surface area contributed by atoms with Gasteiger partial charge >= 0.3 is 5.97 Å². The Morgan fingerprint density at radius 1 is 1.12 bits per heavy atom. The van der Waals surface area contributed by atoms with Crippen LogP contribution in [0.25, 0.3) is 0 Å². The van der Waals surface area contributed by atoms with Crippen LogP contribution in [0.5, 0.6) is 0 Å². The van der Waals surface area contributed by atoms with E-state index in [4.69, 9.17) is 5.11 Å². The molecule has 16 heavy (non-hydrogen) atoms. The third-order valence-electron chi connectivity index (χ3n) is 5.05. The van der Waals surface area contributed by atoms with Crippen LogP contribution in [-0.4, -0.2) is 23.2 Å². The molecule has 0 radical (unpaired) electrons. The minimum atomic E-state index is -0.623. The van der Waals surface area contributed by atoms with E-state index in [0.29, 0.717) is 24.4 Å². The molecule has 0 aromatic carbocycles. The van der Waals surface area contributed by atoms with E-state index in [-0.39, 0.29) is 0 Å². The number of carbonyl (C=O) groups is 1. The topological polar surface area (TPSA) is 49.3 Å². The fraction of sp³-hybridized carbons (Fsp3) is 0.923. The quantitative estimate of drug-likeness (QED) is 0.753. The van der Waals surface area contributed by atoms with Crippen LogP contribution in [0.2, 0.25) is 0 Å². The molecule has 3 nitrogen and oxygen atoms in total. The molecule has 0 aromatic rings. The van der Waals surface area contributed by atoms with Gasteiger partial charge in [0.1, 0.15) is 0 Å². The highest BCUT2D eigenvalue weighted by molar-refractivity contribution is 5.67. The molecule has 5 unspecified atom stereocenters. The molecular weight excluding hydrogens is 202 g/mol. The molecule has 2 N–H and O–H groups in total. The van der Waals surface area contributed by atoms with E-state index in [0.717, 1.165) is 18.3 Å². The first-order valence-corrected chi connectivity index (χ1v) is 6.73. The Kier molecular flexibility index (Phi) is 2.66. The lowest BCUT2D eigenvalue weighted by atomic mass is 9.78. The second-order valence-electron chi connectivity index (χ2n) is 5.85. The van der Waals surface area contributed by atoms with Crippen molar-refractivity contribution in [3.05, 3.63) is 0 Å². The SMILES string of the molecule is O=C(O)CC1CCC2C3CCCCC3NC12. The van der Waals surface area contributed by atoms with Gasteiger partial charge in [-0.05, 0) is 43.4 Å². The van der Waals surface area contributed by atoms with Gasteiger partial charge in [-0.3, -0.25) is 4.79 Å². The fourth-order valence-corrected chi connectivity index (χ4v) is 4.43. The molecule has 2 saturated carbocycles. The number of carboxylic acids is 1. The molecule has 3 rings (SSSR count). The zero-order chi connectivity index (χ0) is 11.1. The minimum Gasteiger partial charge on any atom is -0.481 e. The van der Waals surface area contributed by atoms with Gasteiger partial charge in [-0.2, -0.15) is 0 Å². The lowest BCUT2D eigenvalue weighted by Crippen LogP contribution is -2.36. The van der Waals surface area contributed by atoms with E-state index in [9.17, 15) is 4.79 Å². The van der Waals surface area contributed by atoms with Crippen molar-refractivity contribution in [2.75, 3.05) is 0 Å². The van der Waals surface area contributed by atoms with Gasteiger partial charge in [0.05, 0.1) is 0 Å². The number of nitrogens with one attached hydrogen (secondary N) is 1. The molecule has 0 spiro atoms. The van der Waals surface area contributed by atoms with Gasteiger partial charge in [-0.25, -0.2) is 0 Å². The van der Waals surface area contributed by atoms with E-state index in [1.807, 2.05) is 0 Å². The zero-order valence-electron chi connectivity index (χ0n) is 9.69. The van der Waals surface area contributed by atoms with E-state index in [1.165, 1.54) is 32.1 Å². The lowest BCUT2D eigenvalue weighted by molar-refractivity contribution is -0.138. The predicted molar refractivity (Wildman–Crippen MR) is 61.1 cm³/mol. The van der Waals surface area contributed by atoms with E-state index in [2.05, 4.69) is 5.32 Å². The smallest absolute Gasteiger partial charge is 0.303 e. The maximum atomic E-state index is 10.8. The number of rotatable bonds is 2. The molecule has 3 aliphatic rings. The van der Waals surface area contributed by atoms with Crippen molar-refractivity contribution < 1.29 is 9.90 Å². The number of hydrogen-bond acceptors (Lipinski definition) is 2. The van der Waals surface area contributed by atoms with Gasteiger partial charge in [-0.1, -0.05) is 12.8 Å². The van der Waals surface area contributed by atoms with Crippen LogP contribution in [0.15, 0.2) is 0 Å². The summed E-state index contributed by atoms with van der Waals surface area (Å²) in [6.45, 7) is 0. The van der Waals surface area contributed by atoms with Crippen molar-refractivity contribution in [2.45, 2.75) is 57.0 Å². The molecule has 5 atom stereocenters. The summed E-state index contributed by atoms with van der Waals surface area (Å²) in [4.78, 5) is 10.8. The second kappa shape index (κ2) is 4.02. The monoisotopic (exact) mass is 223 g/mol. The van der Waals surface area contributed by atoms with Crippen molar-refractivity contribution in [2.24, 2.45) is 17.8 Å². The number of fused-ring (bicyclic) bond motifs is 3. The maximum Gasteiger partial charge on any atom is 0.303 e. The third-order valence-corrected chi connectivity index (χ3v) is 5.05. The van der Waals surface area contributed by atoms with Crippen LogP contribution in [0.1, 0.15) is 44.9 Å². The van der Waals surface area contributed by atoms with Crippen molar-refractivity contribution in [1.82, 2.24) is 5.32 Å². The Labute approximate surface area is 96.6 Å². The highest BCUT2D eigenvalue weighted by Crippen LogP contribution is 2.48. The Hall–Kier alpha value is -0.570. The van der Waals surface area contributed by atoms with Crippen molar-refractivity contribution in [3.8, 4) is 0 Å². The number of aliphatic carboxylic acids is 1. The van der Waals surface area contributed by atoms with Crippen LogP contribution in [-0.2, 0) is 4.79 Å². The first-order chi connectivity index (χ1) is 7.75. The van der Waals surface area contributed by atoms with Gasteiger partial charge < -0.3 is 10.4 Å². The largest absolute Gasteiger partial charge is 0.481 e. The van der Waals surface area contributed by atoms with Gasteiger partial charge in [0.2, 0.25) is 0 Å². The summed E-state index contributed by atoms with van der Waals surface area (Å²) < 4.78 is 0. The first-order valence-electron chi connectivity index (χ1n) is 6.73. The normalized spacial score (nSPS) is 46.4. The van der Waals surface area contributed by atoms with Crippen LogP contribution < -0.4 is 5.32 Å². The molecule has 2 aliphatic carbocycles. The molecule has 3 fully saturated rings. The van der Waals surface area contributed by atoms with Crippen LogP contribution in [0.4, 0.5) is 0 Å². The van der Waals surface area contributed by atoms with Crippen molar-refractivity contribution in [3.63, 3.8) is 0 Å². The summed E-state index contributed by atoms with van der Waals surface area (Å²) in [6.07, 6.45) is 8.19. The maximum absolute atomic E-state index is 10.8. The summed E-state index contributed by atoms with van der Waals surface area (Å²) >= 11 is 0. The highest BCUT2D eigenvalue weighted by atomic mass is 16.4. The van der Waals surface area contributed by atoms with Crippen LogP contribution in [0.3, 0.4) is 0 Å². The first kappa shape index (κ1) is 10.6. The standard InChI is InChI=1S/C13H21NO2/c15-12(16)7-8-5-6-10-9-3-1-2-4-11(9)14-13(8)10/h8-11,13-14H,1-7H2,(H,15,16). The Bertz CT molecular complexity index is 292. The highest BCUT2D eigenvalue weighted by Gasteiger charge is 2.49. The van der Waals surface area contributed by atoms with Crippen LogP contribution in [0, 0.1) is 17.8 Å². The summed E-state index contributed by atoms with van der Waals surface area (Å²) in [5.41, 5.74) is 0. The van der Waals surface area contributed by atoms with Gasteiger partial charge in [0.25, 0.3) is 0 Å². The van der Waals surface area contributed by atoms with Crippen LogP contribution >= 0.6 is 0 Å². The molecule has 90 valence electrons. The molecule has 0 aromatic heterocycles. The van der Waals surface area contributed by atoms with Gasteiger partial charge in [0, 0.05) is 18.5 Å². The number of carboxylic acid groups (broad SMARTS) is 1. The Morgan fingerprint density at radius 3 is 2.75 bits per heavy atom. The van der Waals surface area contributed by atoms with Crippen molar-refractivity contribution in [1.29, 1.82) is 0 Å². The number of hydrogen-bond donors (Lipinski definition) is 2. The van der Waals surface area contributed by atoms with E-state index in [1.54, 1.807) is 0 Å². The summed E-state index contributed by atoms with van der Waals surface area (Å²) in [6, 6.07) is 1.23. The van der Waals surface area contributed by atoms with E-state index < -0.39 is 5.97 Å². The zero-order valence-corrected chi connectivity index (χ0v) is 9.69. The summed E-state index contributed by atoms with van der Waals surface area (Å²) in [7, 11) is 0. The van der Waals surface area contributed by atoms with E-state index >= 15 is 0 Å². The molecule has 1 aliphatic heterocycles. The molecule has 0 bridgehead atoms. The summed E-state index contributed by atoms with van der Waals surface area (Å²) in [5.74, 6) is 1.42. The molecular formula is C13H21NO2. The van der Waals surface area contributed by atoms with Gasteiger partial charge in [0.15, 0.2) is 0 Å². The molecule has 0 amide bonds. The third kappa shape index (κ3) is 1.65. The lowest BCUT2D eigenvalue weighted by Gasteiger charge is -2.27. The minimum absolute atomic E-state index is 0.369. The fourth-order valence-electron chi connectivity index (χ4n) is 4.43. The average molecular weight is 223 g/mol.